The lowest BCUT2D eigenvalue weighted by Crippen LogP contribution is -2.12. The van der Waals surface area contributed by atoms with E-state index in [1.165, 1.54) is 6.20 Å². The Balaban J connectivity index is 1.85. The number of aromatic amines is 1. The van der Waals surface area contributed by atoms with Gasteiger partial charge in [-0.05, 0) is 11.6 Å². The van der Waals surface area contributed by atoms with Gasteiger partial charge in [-0.2, -0.15) is 10.2 Å². The van der Waals surface area contributed by atoms with Crippen LogP contribution in [-0.2, 0) is 4.74 Å². The van der Waals surface area contributed by atoms with Crippen molar-refractivity contribution in [2.75, 3.05) is 13.7 Å². The molecule has 140 valence electrons. The molecular weight excluding hydrogens is 354 g/mol. The van der Waals surface area contributed by atoms with E-state index in [4.69, 9.17) is 9.73 Å². The van der Waals surface area contributed by atoms with Crippen LogP contribution >= 0.6 is 0 Å². The first-order valence-electron chi connectivity index (χ1n) is 8.81. The van der Waals surface area contributed by atoms with Gasteiger partial charge in [-0.25, -0.2) is 4.98 Å². The van der Waals surface area contributed by atoms with Gasteiger partial charge in [0.25, 0.3) is 0 Å². The third kappa shape index (κ3) is 3.74. The smallest absolute Gasteiger partial charge is 0.208 e. The van der Waals surface area contributed by atoms with Crippen LogP contribution in [0.5, 0.6) is 5.88 Å². The first kappa shape index (κ1) is 17.8. The summed E-state index contributed by atoms with van der Waals surface area (Å²) in [6.07, 6.45) is 4.79. The van der Waals surface area contributed by atoms with Gasteiger partial charge in [-0.15, -0.1) is 0 Å². The SMILES string of the molecule is COC[C@H](N=C(c1ccc2cnncc2c1)c1ncc(O)[nH]1)c1ccccc1. The molecule has 28 heavy (non-hydrogen) atoms. The fourth-order valence-corrected chi connectivity index (χ4v) is 3.04. The highest BCUT2D eigenvalue weighted by Gasteiger charge is 2.17. The van der Waals surface area contributed by atoms with Gasteiger partial charge in [-0.1, -0.05) is 42.5 Å². The van der Waals surface area contributed by atoms with Crippen molar-refractivity contribution in [1.82, 2.24) is 20.2 Å². The zero-order valence-corrected chi connectivity index (χ0v) is 15.3. The van der Waals surface area contributed by atoms with E-state index < -0.39 is 0 Å². The molecule has 4 aromatic rings. The first-order valence-corrected chi connectivity index (χ1v) is 8.81. The van der Waals surface area contributed by atoms with Crippen molar-refractivity contribution in [2.45, 2.75) is 6.04 Å². The van der Waals surface area contributed by atoms with E-state index in [0.29, 0.717) is 18.1 Å². The van der Waals surface area contributed by atoms with Crippen LogP contribution < -0.4 is 0 Å². The Hall–Kier alpha value is -3.58. The van der Waals surface area contributed by atoms with E-state index in [-0.39, 0.29) is 11.9 Å². The van der Waals surface area contributed by atoms with E-state index in [9.17, 15) is 5.11 Å². The maximum atomic E-state index is 9.76. The number of hydrogen-bond acceptors (Lipinski definition) is 6. The fourth-order valence-electron chi connectivity index (χ4n) is 3.04. The molecule has 7 heteroatoms. The van der Waals surface area contributed by atoms with Gasteiger partial charge < -0.3 is 14.8 Å². The Morgan fingerprint density at radius 3 is 2.57 bits per heavy atom. The molecule has 2 aromatic carbocycles. The number of imidazole rings is 1. The third-order valence-corrected chi connectivity index (χ3v) is 4.40. The largest absolute Gasteiger partial charge is 0.493 e. The summed E-state index contributed by atoms with van der Waals surface area (Å²) in [5.74, 6) is 0.466. The number of aromatic hydroxyl groups is 1. The second kappa shape index (κ2) is 7.98. The van der Waals surface area contributed by atoms with Crippen LogP contribution in [-0.4, -0.2) is 44.7 Å². The Kier molecular flexibility index (Phi) is 5.07. The minimum Gasteiger partial charge on any atom is -0.493 e. The molecule has 0 radical (unpaired) electrons. The van der Waals surface area contributed by atoms with Gasteiger partial charge in [0, 0.05) is 23.4 Å². The summed E-state index contributed by atoms with van der Waals surface area (Å²) in [5.41, 5.74) is 2.51. The van der Waals surface area contributed by atoms with Gasteiger partial charge in [0.15, 0.2) is 5.82 Å². The summed E-state index contributed by atoms with van der Waals surface area (Å²) in [4.78, 5) is 12.1. The summed E-state index contributed by atoms with van der Waals surface area (Å²) in [7, 11) is 1.65. The van der Waals surface area contributed by atoms with Gasteiger partial charge in [0.1, 0.15) is 5.71 Å². The molecule has 0 unspecified atom stereocenters. The van der Waals surface area contributed by atoms with E-state index in [0.717, 1.165) is 21.9 Å². The predicted octanol–water partition coefficient (Wildman–Crippen LogP) is 3.28. The molecule has 7 nitrogen and oxygen atoms in total. The number of rotatable bonds is 6. The van der Waals surface area contributed by atoms with Crippen LogP contribution in [0.25, 0.3) is 10.8 Å². The van der Waals surface area contributed by atoms with E-state index in [1.807, 2.05) is 48.5 Å². The molecule has 2 N–H and O–H groups in total. The summed E-state index contributed by atoms with van der Waals surface area (Å²) >= 11 is 0. The van der Waals surface area contributed by atoms with Crippen molar-refractivity contribution in [2.24, 2.45) is 4.99 Å². The van der Waals surface area contributed by atoms with Crippen molar-refractivity contribution in [3.63, 3.8) is 0 Å². The predicted molar refractivity (Wildman–Crippen MR) is 106 cm³/mol. The maximum Gasteiger partial charge on any atom is 0.208 e. The number of nitrogens with one attached hydrogen (secondary N) is 1. The van der Waals surface area contributed by atoms with E-state index in [1.54, 1.807) is 19.5 Å². The van der Waals surface area contributed by atoms with Crippen molar-refractivity contribution in [3.8, 4) is 5.88 Å². The Morgan fingerprint density at radius 1 is 1.07 bits per heavy atom. The quantitative estimate of drug-likeness (QED) is 0.506. The van der Waals surface area contributed by atoms with E-state index >= 15 is 0 Å². The molecule has 0 aliphatic heterocycles. The Morgan fingerprint density at radius 2 is 1.86 bits per heavy atom. The van der Waals surface area contributed by atoms with Crippen molar-refractivity contribution < 1.29 is 9.84 Å². The normalized spacial score (nSPS) is 13.0. The number of methoxy groups -OCH3 is 1. The van der Waals surface area contributed by atoms with Crippen LogP contribution in [0.1, 0.15) is 23.0 Å². The van der Waals surface area contributed by atoms with Crippen molar-refractivity contribution >= 4 is 16.5 Å². The molecule has 0 saturated heterocycles. The molecule has 0 bridgehead atoms. The minimum atomic E-state index is -0.222. The molecule has 0 amide bonds. The van der Waals surface area contributed by atoms with E-state index in [2.05, 4.69) is 20.2 Å². The molecule has 2 aromatic heterocycles. The van der Waals surface area contributed by atoms with Gasteiger partial charge in [0.2, 0.25) is 5.88 Å². The zero-order valence-electron chi connectivity index (χ0n) is 15.3. The zero-order chi connectivity index (χ0) is 19.3. The number of H-pyrrole nitrogens is 1. The number of hydrogen-bond donors (Lipinski definition) is 2. The van der Waals surface area contributed by atoms with Crippen LogP contribution in [0.15, 0.2) is 72.1 Å². The number of aliphatic imine (C=N–C) groups is 1. The molecular formula is C21H19N5O2. The van der Waals surface area contributed by atoms with Gasteiger partial charge in [0.05, 0.1) is 31.2 Å². The highest BCUT2D eigenvalue weighted by molar-refractivity contribution is 6.12. The Labute approximate surface area is 161 Å². The molecule has 2 heterocycles. The Bertz CT molecular complexity index is 1110. The summed E-state index contributed by atoms with van der Waals surface area (Å²) < 4.78 is 5.40. The number of ether oxygens (including phenoxy) is 1. The standard InChI is InChI=1S/C21H19N5O2/c1-28-13-18(14-5-3-2-4-6-14)25-20(21-22-12-19(27)26-21)15-7-8-16-10-23-24-11-17(16)9-15/h2-12,18,27H,13H2,1H3,(H,22,26)/t18-/m0/s1. The monoisotopic (exact) mass is 373 g/mol. The lowest BCUT2D eigenvalue weighted by Gasteiger charge is -2.15. The van der Waals surface area contributed by atoms with Crippen molar-refractivity contribution in [3.05, 3.63) is 84.1 Å². The summed E-state index contributed by atoms with van der Waals surface area (Å²) in [6, 6.07) is 15.6. The molecule has 0 fully saturated rings. The fraction of sp³-hybridized carbons (Fsp3) is 0.143. The first-order chi connectivity index (χ1) is 13.7. The van der Waals surface area contributed by atoms with Gasteiger partial charge in [-0.3, -0.25) is 4.99 Å². The average molecular weight is 373 g/mol. The molecule has 0 aliphatic rings. The highest BCUT2D eigenvalue weighted by atomic mass is 16.5. The third-order valence-electron chi connectivity index (χ3n) is 4.40. The average Bonchev–Trinajstić information content (AvgIpc) is 3.17. The lowest BCUT2D eigenvalue weighted by atomic mass is 10.0. The molecule has 1 atom stereocenters. The maximum absolute atomic E-state index is 9.76. The van der Waals surface area contributed by atoms with Crippen molar-refractivity contribution in [1.29, 1.82) is 0 Å². The molecule has 0 spiro atoms. The number of nitrogens with zero attached hydrogens (tertiary/aromatic N) is 4. The summed E-state index contributed by atoms with van der Waals surface area (Å²) in [5, 5.41) is 19.6. The molecule has 0 aliphatic carbocycles. The number of fused-ring (bicyclic) bond motifs is 1. The lowest BCUT2D eigenvalue weighted by molar-refractivity contribution is 0.181. The highest BCUT2D eigenvalue weighted by Crippen LogP contribution is 2.23. The minimum absolute atomic E-state index is 0.0163. The van der Waals surface area contributed by atoms with Crippen LogP contribution in [0, 0.1) is 0 Å². The van der Waals surface area contributed by atoms with Gasteiger partial charge >= 0.3 is 0 Å². The number of benzene rings is 2. The second-order valence-corrected chi connectivity index (χ2v) is 6.31. The molecule has 4 rings (SSSR count). The number of aromatic nitrogens is 4. The molecule has 0 saturated carbocycles. The van der Waals surface area contributed by atoms with Crippen LogP contribution in [0.4, 0.5) is 0 Å². The topological polar surface area (TPSA) is 96.3 Å². The summed E-state index contributed by atoms with van der Waals surface area (Å²) in [6.45, 7) is 0.416. The second-order valence-electron chi connectivity index (χ2n) is 6.31. The van der Waals surface area contributed by atoms with Crippen LogP contribution in [0.3, 0.4) is 0 Å². The van der Waals surface area contributed by atoms with Crippen LogP contribution in [0.2, 0.25) is 0 Å².